The lowest BCUT2D eigenvalue weighted by atomic mass is 10.1. The van der Waals surface area contributed by atoms with Gasteiger partial charge in [0.2, 0.25) is 0 Å². The van der Waals surface area contributed by atoms with E-state index >= 15 is 0 Å². The maximum Gasteiger partial charge on any atom is 0.153 e. The van der Waals surface area contributed by atoms with Crippen molar-refractivity contribution in [1.82, 2.24) is 9.38 Å². The number of ether oxygens (including phenoxy) is 1. The van der Waals surface area contributed by atoms with Gasteiger partial charge >= 0.3 is 0 Å². The Kier molecular flexibility index (Phi) is 3.41. The van der Waals surface area contributed by atoms with Crippen LogP contribution in [0.2, 0.25) is 0 Å². The summed E-state index contributed by atoms with van der Waals surface area (Å²) in [7, 11) is -1.33. The number of rotatable bonds is 3. The van der Waals surface area contributed by atoms with Gasteiger partial charge in [-0.1, -0.05) is 6.42 Å². The highest BCUT2D eigenvalue weighted by atomic mass is 32.2. The van der Waals surface area contributed by atoms with Gasteiger partial charge in [-0.25, -0.2) is 13.4 Å². The van der Waals surface area contributed by atoms with Gasteiger partial charge in [-0.05, 0) is 25.0 Å². The topological polar surface area (TPSA) is 60.7 Å². The van der Waals surface area contributed by atoms with Gasteiger partial charge in [0.05, 0.1) is 30.0 Å². The highest BCUT2D eigenvalue weighted by Crippen LogP contribution is 2.23. The largest absolute Gasteiger partial charge is 0.495 e. The molecule has 108 valence electrons. The highest BCUT2D eigenvalue weighted by Gasteiger charge is 2.29. The number of aromatic nitrogens is 2. The van der Waals surface area contributed by atoms with Crippen molar-refractivity contribution < 1.29 is 13.2 Å². The molecule has 6 heteroatoms. The number of methoxy groups -OCH3 is 1. The van der Waals surface area contributed by atoms with Crippen LogP contribution in [0.1, 0.15) is 25.0 Å². The fraction of sp³-hybridized carbons (Fsp3) is 0.500. The van der Waals surface area contributed by atoms with Gasteiger partial charge in [-0.3, -0.25) is 0 Å². The number of imidazole rings is 1. The predicted molar refractivity (Wildman–Crippen MR) is 76.9 cm³/mol. The highest BCUT2D eigenvalue weighted by molar-refractivity contribution is 7.92. The molecule has 1 aliphatic rings. The van der Waals surface area contributed by atoms with Gasteiger partial charge in [0.25, 0.3) is 0 Å². The van der Waals surface area contributed by atoms with Crippen LogP contribution in [0.15, 0.2) is 24.5 Å². The molecule has 3 rings (SSSR count). The third-order valence-electron chi connectivity index (χ3n) is 3.86. The minimum absolute atomic E-state index is 0.275. The summed E-state index contributed by atoms with van der Waals surface area (Å²) in [6, 6.07) is 3.72. The third kappa shape index (κ3) is 2.52. The number of fused-ring (bicyclic) bond motifs is 1. The second-order valence-electron chi connectivity index (χ2n) is 5.26. The van der Waals surface area contributed by atoms with Gasteiger partial charge in [-0.15, -0.1) is 0 Å². The molecule has 3 heterocycles. The molecule has 0 N–H and O–H groups in total. The van der Waals surface area contributed by atoms with E-state index in [0.29, 0.717) is 12.2 Å². The molecule has 0 aliphatic carbocycles. The molecule has 1 atom stereocenters. The first-order valence-electron chi connectivity index (χ1n) is 6.82. The summed E-state index contributed by atoms with van der Waals surface area (Å²) in [4.78, 5) is 4.49. The van der Waals surface area contributed by atoms with Crippen LogP contribution < -0.4 is 4.74 Å². The van der Waals surface area contributed by atoms with E-state index in [2.05, 4.69) is 4.98 Å². The van der Waals surface area contributed by atoms with Crippen LogP contribution in [-0.2, 0) is 16.3 Å². The van der Waals surface area contributed by atoms with Crippen LogP contribution in [-0.4, -0.2) is 35.9 Å². The molecule has 1 fully saturated rings. The van der Waals surface area contributed by atoms with Gasteiger partial charge < -0.3 is 9.14 Å². The normalized spacial score (nSPS) is 21.9. The van der Waals surface area contributed by atoms with E-state index in [1.165, 1.54) is 0 Å². The fourth-order valence-electron chi connectivity index (χ4n) is 2.73. The maximum absolute atomic E-state index is 12.0. The average Bonchev–Trinajstić information content (AvgIpc) is 2.82. The summed E-state index contributed by atoms with van der Waals surface area (Å²) in [6.45, 7) is 0. The zero-order chi connectivity index (χ0) is 14.2. The molecule has 0 bridgehead atoms. The molecule has 0 saturated carbocycles. The van der Waals surface area contributed by atoms with Crippen LogP contribution >= 0.6 is 0 Å². The number of nitrogens with zero attached hydrogens (tertiary/aromatic N) is 2. The Hall–Kier alpha value is -1.56. The first kappa shape index (κ1) is 13.4. The van der Waals surface area contributed by atoms with Crippen molar-refractivity contribution in [3.05, 3.63) is 30.2 Å². The Morgan fingerprint density at radius 2 is 2.20 bits per heavy atom. The Bertz CT molecular complexity index is 721. The molecule has 5 nitrogen and oxygen atoms in total. The Morgan fingerprint density at radius 3 is 2.95 bits per heavy atom. The quantitative estimate of drug-likeness (QED) is 0.867. The minimum atomic E-state index is -2.95. The second-order valence-corrected chi connectivity index (χ2v) is 7.66. The Morgan fingerprint density at radius 1 is 1.35 bits per heavy atom. The smallest absolute Gasteiger partial charge is 0.153 e. The summed E-state index contributed by atoms with van der Waals surface area (Å²) >= 11 is 0. The van der Waals surface area contributed by atoms with Crippen molar-refractivity contribution in [2.45, 2.75) is 30.9 Å². The van der Waals surface area contributed by atoms with Crippen molar-refractivity contribution in [2.75, 3.05) is 12.9 Å². The van der Waals surface area contributed by atoms with E-state index in [9.17, 15) is 8.42 Å². The van der Waals surface area contributed by atoms with Crippen molar-refractivity contribution in [3.8, 4) is 5.75 Å². The molecule has 1 saturated heterocycles. The number of hydrogen-bond acceptors (Lipinski definition) is 4. The standard InChI is InChI=1S/C14H18N2O3S/c1-19-12-5-6-14-15-11(9-16(14)10-12)8-13-4-2-3-7-20(13,17)18/h5-6,9-10,13H,2-4,7-8H2,1H3. The van der Waals surface area contributed by atoms with E-state index in [0.717, 1.165) is 36.4 Å². The molecule has 0 aromatic carbocycles. The molecular formula is C14H18N2O3S. The van der Waals surface area contributed by atoms with Crippen molar-refractivity contribution in [1.29, 1.82) is 0 Å². The minimum Gasteiger partial charge on any atom is -0.495 e. The SMILES string of the molecule is COc1ccc2nc(CC3CCCCS3(=O)=O)cn2c1. The van der Waals surface area contributed by atoms with Crippen molar-refractivity contribution in [2.24, 2.45) is 0 Å². The summed E-state index contributed by atoms with van der Waals surface area (Å²) in [6.07, 6.45) is 6.78. The number of hydrogen-bond donors (Lipinski definition) is 0. The summed E-state index contributed by atoms with van der Waals surface area (Å²) in [5.41, 5.74) is 1.64. The van der Waals surface area contributed by atoms with Crippen LogP contribution in [0.5, 0.6) is 5.75 Å². The maximum atomic E-state index is 12.0. The van der Waals surface area contributed by atoms with E-state index in [4.69, 9.17) is 4.74 Å². The molecule has 20 heavy (non-hydrogen) atoms. The summed E-state index contributed by atoms with van der Waals surface area (Å²) in [5.74, 6) is 1.07. The summed E-state index contributed by atoms with van der Waals surface area (Å²) < 4.78 is 31.1. The van der Waals surface area contributed by atoms with Gasteiger partial charge in [0.15, 0.2) is 9.84 Å². The molecule has 0 radical (unpaired) electrons. The molecular weight excluding hydrogens is 276 g/mol. The van der Waals surface area contributed by atoms with E-state index in [1.54, 1.807) is 7.11 Å². The molecule has 1 aliphatic heterocycles. The van der Waals surface area contributed by atoms with Crippen LogP contribution in [0.4, 0.5) is 0 Å². The lowest BCUT2D eigenvalue weighted by molar-refractivity contribution is 0.412. The van der Waals surface area contributed by atoms with Crippen molar-refractivity contribution >= 4 is 15.5 Å². The first-order chi connectivity index (χ1) is 9.58. The zero-order valence-corrected chi connectivity index (χ0v) is 12.3. The van der Waals surface area contributed by atoms with Gasteiger partial charge in [0, 0.05) is 12.6 Å². The van der Waals surface area contributed by atoms with E-state index in [-0.39, 0.29) is 5.25 Å². The molecule has 0 spiro atoms. The average molecular weight is 294 g/mol. The Balaban J connectivity index is 1.87. The Labute approximate surface area is 118 Å². The van der Waals surface area contributed by atoms with Gasteiger partial charge in [-0.2, -0.15) is 0 Å². The molecule has 1 unspecified atom stereocenters. The second kappa shape index (κ2) is 5.09. The number of sulfone groups is 1. The lowest BCUT2D eigenvalue weighted by Crippen LogP contribution is -2.30. The van der Waals surface area contributed by atoms with Crippen molar-refractivity contribution in [3.63, 3.8) is 0 Å². The molecule has 2 aromatic rings. The number of pyridine rings is 1. The van der Waals surface area contributed by atoms with E-state index in [1.807, 2.05) is 28.9 Å². The first-order valence-corrected chi connectivity index (χ1v) is 8.53. The third-order valence-corrected chi connectivity index (χ3v) is 6.13. The van der Waals surface area contributed by atoms with Crippen LogP contribution in [0, 0.1) is 0 Å². The zero-order valence-electron chi connectivity index (χ0n) is 11.4. The van der Waals surface area contributed by atoms with Gasteiger partial charge in [0.1, 0.15) is 11.4 Å². The monoisotopic (exact) mass is 294 g/mol. The molecule has 2 aromatic heterocycles. The fourth-order valence-corrected chi connectivity index (χ4v) is 4.62. The van der Waals surface area contributed by atoms with E-state index < -0.39 is 9.84 Å². The lowest BCUT2D eigenvalue weighted by Gasteiger charge is -2.21. The van der Waals surface area contributed by atoms with Crippen LogP contribution in [0.25, 0.3) is 5.65 Å². The van der Waals surface area contributed by atoms with Crippen LogP contribution in [0.3, 0.4) is 0 Å². The predicted octanol–water partition coefficient (Wildman–Crippen LogP) is 1.85. The molecule has 0 amide bonds. The summed E-state index contributed by atoms with van der Waals surface area (Å²) in [5, 5.41) is -0.275.